The summed E-state index contributed by atoms with van der Waals surface area (Å²) in [7, 11) is 0. The third-order valence-electron chi connectivity index (χ3n) is 7.31. The zero-order valence-corrected chi connectivity index (χ0v) is 23.0. The molecule has 0 unspecified atom stereocenters. The molecule has 3 heterocycles. The molecule has 1 saturated carbocycles. The Balaban J connectivity index is 1.31. The number of pyridine rings is 1. The first-order valence-corrected chi connectivity index (χ1v) is 14.1. The number of nitrogens with one attached hydrogen (secondary N) is 3. The minimum atomic E-state index is -0.360. The fraction of sp³-hybridized carbons (Fsp3) is 0.267. The van der Waals surface area contributed by atoms with E-state index in [1.54, 1.807) is 17.2 Å². The Kier molecular flexibility index (Phi) is 6.85. The van der Waals surface area contributed by atoms with Crippen LogP contribution in [0.2, 0.25) is 0 Å². The number of amides is 4. The van der Waals surface area contributed by atoms with Crippen molar-refractivity contribution < 1.29 is 19.1 Å². The molecule has 0 radical (unpaired) electrons. The first kappa shape index (κ1) is 25.8. The molecule has 0 saturated heterocycles. The average molecular weight is 556 g/mol. The van der Waals surface area contributed by atoms with Crippen LogP contribution in [0.4, 0.5) is 21.9 Å². The molecule has 6 rings (SSSR count). The maximum Gasteiger partial charge on any atom is 0.331 e. The molecule has 4 aromatic rings. The van der Waals surface area contributed by atoms with Gasteiger partial charge in [0.1, 0.15) is 21.2 Å². The molecule has 2 aromatic carbocycles. The van der Waals surface area contributed by atoms with Crippen molar-refractivity contribution in [3.8, 4) is 11.5 Å². The molecule has 10 heteroatoms. The molecule has 4 amide bonds. The zero-order chi connectivity index (χ0) is 27.8. The zero-order valence-electron chi connectivity index (χ0n) is 22.2. The maximum atomic E-state index is 13.6. The molecule has 1 fully saturated rings. The summed E-state index contributed by atoms with van der Waals surface area (Å²) < 4.78 is 5.97. The van der Waals surface area contributed by atoms with Gasteiger partial charge >= 0.3 is 6.03 Å². The molecule has 2 aromatic heterocycles. The van der Waals surface area contributed by atoms with Gasteiger partial charge in [0.05, 0.1) is 22.4 Å². The molecule has 0 bridgehead atoms. The fourth-order valence-electron chi connectivity index (χ4n) is 5.52. The number of para-hydroxylation sites is 1. The van der Waals surface area contributed by atoms with Crippen molar-refractivity contribution in [3.05, 3.63) is 71.2 Å². The van der Waals surface area contributed by atoms with Crippen LogP contribution in [0.1, 0.15) is 47.8 Å². The topological polar surface area (TPSA) is 113 Å². The summed E-state index contributed by atoms with van der Waals surface area (Å²) in [6, 6.07) is 16.2. The quantitative estimate of drug-likeness (QED) is 0.260. The van der Waals surface area contributed by atoms with E-state index in [2.05, 4.69) is 20.9 Å². The van der Waals surface area contributed by atoms with Crippen molar-refractivity contribution in [2.24, 2.45) is 0 Å². The van der Waals surface area contributed by atoms with Gasteiger partial charge in [-0.2, -0.15) is 0 Å². The number of urea groups is 1. The molecule has 0 spiro atoms. The first-order chi connectivity index (χ1) is 19.4. The predicted molar refractivity (Wildman–Crippen MR) is 156 cm³/mol. The fourth-order valence-corrected chi connectivity index (χ4v) is 6.54. The van der Waals surface area contributed by atoms with E-state index in [0.29, 0.717) is 32.5 Å². The lowest BCUT2D eigenvalue weighted by Crippen LogP contribution is -2.52. The predicted octanol–water partition coefficient (Wildman–Crippen LogP) is 6.26. The number of hydrogen-bond donors (Lipinski definition) is 3. The summed E-state index contributed by atoms with van der Waals surface area (Å²) in [6.07, 6.45) is 5.23. The lowest BCUT2D eigenvalue weighted by atomic mass is 9.90. The highest BCUT2D eigenvalue weighted by Crippen LogP contribution is 2.46. The van der Waals surface area contributed by atoms with Crippen LogP contribution in [-0.4, -0.2) is 34.9 Å². The number of aryl methyl sites for hydroxylation is 1. The van der Waals surface area contributed by atoms with Gasteiger partial charge in [0.25, 0.3) is 5.91 Å². The summed E-state index contributed by atoms with van der Waals surface area (Å²) in [5, 5.41) is 9.77. The summed E-state index contributed by atoms with van der Waals surface area (Å²) in [6.45, 7) is 3.42. The Morgan fingerprint density at radius 2 is 1.75 bits per heavy atom. The molecule has 1 aliphatic heterocycles. The van der Waals surface area contributed by atoms with Gasteiger partial charge in [-0.3, -0.25) is 14.5 Å². The molecule has 3 N–H and O–H groups in total. The number of hydrogen-bond acceptors (Lipinski definition) is 6. The molecule has 40 heavy (non-hydrogen) atoms. The third-order valence-corrected chi connectivity index (χ3v) is 8.41. The van der Waals surface area contributed by atoms with E-state index in [1.165, 1.54) is 18.3 Å². The Labute approximate surface area is 235 Å². The van der Waals surface area contributed by atoms with Crippen molar-refractivity contribution in [2.45, 2.75) is 51.6 Å². The number of anilines is 3. The van der Waals surface area contributed by atoms with E-state index in [4.69, 9.17) is 4.74 Å². The number of carbonyl (C=O) groups excluding carboxylic acids is 3. The van der Waals surface area contributed by atoms with Gasteiger partial charge in [-0.25, -0.2) is 9.78 Å². The highest BCUT2D eigenvalue weighted by atomic mass is 32.1. The summed E-state index contributed by atoms with van der Waals surface area (Å²) in [4.78, 5) is 45.9. The molecule has 9 nitrogen and oxygen atoms in total. The largest absolute Gasteiger partial charge is 0.457 e. The van der Waals surface area contributed by atoms with Gasteiger partial charge in [-0.15, -0.1) is 11.3 Å². The minimum Gasteiger partial charge on any atom is -0.457 e. The number of thiophene rings is 1. The van der Waals surface area contributed by atoms with Crippen molar-refractivity contribution in [2.75, 3.05) is 10.2 Å². The molecule has 1 aliphatic carbocycles. The van der Waals surface area contributed by atoms with Crippen LogP contribution < -0.4 is 25.6 Å². The molecular formula is C30H29N5O4S. The number of rotatable bonds is 6. The summed E-state index contributed by atoms with van der Waals surface area (Å²) in [5.74, 6) is 1.00. The van der Waals surface area contributed by atoms with Gasteiger partial charge in [0, 0.05) is 25.2 Å². The second kappa shape index (κ2) is 10.6. The summed E-state index contributed by atoms with van der Waals surface area (Å²) in [5.41, 5.74) is 2.68. The maximum absolute atomic E-state index is 13.6. The van der Waals surface area contributed by atoms with Gasteiger partial charge < -0.3 is 20.7 Å². The second-order valence-electron chi connectivity index (χ2n) is 10.1. The second-order valence-corrected chi connectivity index (χ2v) is 11.1. The van der Waals surface area contributed by atoms with Gasteiger partial charge in [-0.1, -0.05) is 31.0 Å². The van der Waals surface area contributed by atoms with Crippen molar-refractivity contribution in [3.63, 3.8) is 0 Å². The Bertz CT molecular complexity index is 1620. The Hall–Kier alpha value is -4.44. The van der Waals surface area contributed by atoms with Gasteiger partial charge in [0.2, 0.25) is 5.91 Å². The van der Waals surface area contributed by atoms with Gasteiger partial charge in [-0.05, 0) is 61.7 Å². The molecule has 2 atom stereocenters. The lowest BCUT2D eigenvalue weighted by molar-refractivity contribution is -0.120. The number of nitrogens with zero attached hydrogens (tertiary/aromatic N) is 2. The van der Waals surface area contributed by atoms with E-state index in [-0.39, 0.29) is 29.9 Å². The van der Waals surface area contributed by atoms with Crippen molar-refractivity contribution in [1.82, 2.24) is 15.6 Å². The Morgan fingerprint density at radius 1 is 1.00 bits per heavy atom. The monoisotopic (exact) mass is 555 g/mol. The highest BCUT2D eigenvalue weighted by molar-refractivity contribution is 7.21. The standard InChI is InChI=1S/C30H29N5O4S/c1-17-16-20(39-19-8-4-3-5-9-19)12-13-23(17)35-24-14-15-31-29-25(24)26(34-30(35)38)27(40-29)28(37)33-22-11-7-6-10-21(22)32-18(2)36/h3-5,8-9,12-16,21-22H,6-7,10-11H2,1-2H3,(H,32,36)(H,33,37)(H,34,38)/t21-,22+/m1/s1. The van der Waals surface area contributed by atoms with Crippen LogP contribution in [0.15, 0.2) is 60.8 Å². The number of aromatic nitrogens is 1. The van der Waals surface area contributed by atoms with Crippen LogP contribution >= 0.6 is 11.3 Å². The number of ether oxygens (including phenoxy) is 1. The highest BCUT2D eigenvalue weighted by Gasteiger charge is 2.35. The molecule has 2 aliphatic rings. The average Bonchev–Trinajstić information content (AvgIpc) is 3.30. The van der Waals surface area contributed by atoms with Crippen LogP contribution in [0.5, 0.6) is 11.5 Å². The summed E-state index contributed by atoms with van der Waals surface area (Å²) >= 11 is 1.25. The lowest BCUT2D eigenvalue weighted by Gasteiger charge is -2.32. The van der Waals surface area contributed by atoms with E-state index in [9.17, 15) is 14.4 Å². The first-order valence-electron chi connectivity index (χ1n) is 13.3. The SMILES string of the molecule is CC(=O)N[C@@H]1CCCC[C@@H]1NC(=O)c1sc2nccc3c2c1NC(=O)N3c1ccc(Oc2ccccc2)cc1C. The third kappa shape index (κ3) is 4.86. The van der Waals surface area contributed by atoms with Crippen LogP contribution in [0.25, 0.3) is 10.2 Å². The molecular weight excluding hydrogens is 526 g/mol. The van der Waals surface area contributed by atoms with E-state index in [0.717, 1.165) is 42.4 Å². The number of benzene rings is 2. The number of carbonyl (C=O) groups is 3. The van der Waals surface area contributed by atoms with E-state index in [1.807, 2.05) is 55.5 Å². The van der Waals surface area contributed by atoms with Crippen LogP contribution in [0.3, 0.4) is 0 Å². The smallest absolute Gasteiger partial charge is 0.331 e. The van der Waals surface area contributed by atoms with E-state index < -0.39 is 0 Å². The minimum absolute atomic E-state index is 0.112. The Morgan fingerprint density at radius 3 is 2.48 bits per heavy atom. The normalized spacial score (nSPS) is 18.2. The van der Waals surface area contributed by atoms with E-state index >= 15 is 0 Å². The van der Waals surface area contributed by atoms with Crippen LogP contribution in [0, 0.1) is 6.92 Å². The van der Waals surface area contributed by atoms with Crippen molar-refractivity contribution in [1.29, 1.82) is 0 Å². The van der Waals surface area contributed by atoms with Crippen LogP contribution in [-0.2, 0) is 4.79 Å². The van der Waals surface area contributed by atoms with Gasteiger partial charge in [0.15, 0.2) is 0 Å². The van der Waals surface area contributed by atoms with Crippen molar-refractivity contribution >= 4 is 56.5 Å². The molecule has 204 valence electrons.